The largest absolute Gasteiger partial charge is 0.375 e. The summed E-state index contributed by atoms with van der Waals surface area (Å²) in [6.07, 6.45) is 1.58. The SMILES string of the molecule is Clc1ccc(COCCNc2ncnc3sccc23)cc1. The zero-order chi connectivity index (χ0) is 14.5. The molecule has 2 aromatic heterocycles. The lowest BCUT2D eigenvalue weighted by Crippen LogP contribution is -2.10. The molecule has 1 N–H and O–H groups in total. The van der Waals surface area contributed by atoms with Crippen molar-refractivity contribution < 1.29 is 4.74 Å². The maximum Gasteiger partial charge on any atom is 0.138 e. The number of hydrogen-bond acceptors (Lipinski definition) is 5. The zero-order valence-corrected chi connectivity index (χ0v) is 12.8. The van der Waals surface area contributed by atoms with Crippen LogP contribution in [0.3, 0.4) is 0 Å². The lowest BCUT2D eigenvalue weighted by molar-refractivity contribution is 0.130. The Kier molecular flexibility index (Phi) is 4.65. The summed E-state index contributed by atoms with van der Waals surface area (Å²) in [6, 6.07) is 9.69. The van der Waals surface area contributed by atoms with Gasteiger partial charge in [0.2, 0.25) is 0 Å². The van der Waals surface area contributed by atoms with Crippen molar-refractivity contribution in [2.45, 2.75) is 6.61 Å². The minimum Gasteiger partial charge on any atom is -0.375 e. The number of hydrogen-bond donors (Lipinski definition) is 1. The molecule has 3 rings (SSSR count). The Labute approximate surface area is 131 Å². The summed E-state index contributed by atoms with van der Waals surface area (Å²) >= 11 is 7.45. The first-order valence-electron chi connectivity index (χ1n) is 6.57. The van der Waals surface area contributed by atoms with Crippen LogP contribution in [0.15, 0.2) is 42.0 Å². The van der Waals surface area contributed by atoms with Crippen LogP contribution in [0.25, 0.3) is 10.2 Å². The Morgan fingerprint density at radius 3 is 2.86 bits per heavy atom. The number of nitrogens with one attached hydrogen (secondary N) is 1. The molecule has 4 nitrogen and oxygen atoms in total. The van der Waals surface area contributed by atoms with E-state index in [2.05, 4.69) is 15.3 Å². The van der Waals surface area contributed by atoms with Crippen LogP contribution in [0.5, 0.6) is 0 Å². The number of thiophene rings is 1. The van der Waals surface area contributed by atoms with Crippen molar-refractivity contribution in [3.05, 3.63) is 52.6 Å². The quantitative estimate of drug-likeness (QED) is 0.698. The second-order valence-electron chi connectivity index (χ2n) is 4.47. The van der Waals surface area contributed by atoms with Crippen molar-refractivity contribution in [1.29, 1.82) is 0 Å². The molecule has 0 aliphatic heterocycles. The van der Waals surface area contributed by atoms with Crippen LogP contribution in [0, 0.1) is 0 Å². The lowest BCUT2D eigenvalue weighted by atomic mass is 10.2. The van der Waals surface area contributed by atoms with Gasteiger partial charge in [0.05, 0.1) is 18.6 Å². The first-order chi connectivity index (χ1) is 10.3. The number of anilines is 1. The first-order valence-corrected chi connectivity index (χ1v) is 7.83. The zero-order valence-electron chi connectivity index (χ0n) is 11.3. The van der Waals surface area contributed by atoms with Crippen LogP contribution >= 0.6 is 22.9 Å². The van der Waals surface area contributed by atoms with Crippen LogP contribution in [-0.4, -0.2) is 23.1 Å². The number of nitrogens with zero attached hydrogens (tertiary/aromatic N) is 2. The highest BCUT2D eigenvalue weighted by molar-refractivity contribution is 7.16. The van der Waals surface area contributed by atoms with Gasteiger partial charge in [-0.05, 0) is 29.1 Å². The van der Waals surface area contributed by atoms with Gasteiger partial charge >= 0.3 is 0 Å². The third kappa shape index (κ3) is 3.69. The van der Waals surface area contributed by atoms with Crippen molar-refractivity contribution in [1.82, 2.24) is 9.97 Å². The summed E-state index contributed by atoms with van der Waals surface area (Å²) in [7, 11) is 0. The van der Waals surface area contributed by atoms with Gasteiger partial charge in [0.15, 0.2) is 0 Å². The Balaban J connectivity index is 1.46. The maximum atomic E-state index is 5.84. The van der Waals surface area contributed by atoms with E-state index in [0.29, 0.717) is 19.8 Å². The van der Waals surface area contributed by atoms with E-state index in [4.69, 9.17) is 16.3 Å². The Morgan fingerprint density at radius 1 is 1.14 bits per heavy atom. The average molecular weight is 320 g/mol. The molecule has 0 bridgehead atoms. The highest BCUT2D eigenvalue weighted by Crippen LogP contribution is 2.23. The molecule has 1 aromatic carbocycles. The predicted molar refractivity (Wildman–Crippen MR) is 87.0 cm³/mol. The fourth-order valence-corrected chi connectivity index (χ4v) is 2.80. The van der Waals surface area contributed by atoms with Crippen molar-refractivity contribution >= 4 is 39.0 Å². The van der Waals surface area contributed by atoms with Crippen molar-refractivity contribution in [3.63, 3.8) is 0 Å². The van der Waals surface area contributed by atoms with Gasteiger partial charge in [0.25, 0.3) is 0 Å². The van der Waals surface area contributed by atoms with Gasteiger partial charge in [-0.2, -0.15) is 0 Å². The molecular weight excluding hydrogens is 306 g/mol. The monoisotopic (exact) mass is 319 g/mol. The Bertz CT molecular complexity index is 714. The number of aromatic nitrogens is 2. The molecule has 0 atom stereocenters. The number of benzene rings is 1. The molecule has 0 unspecified atom stereocenters. The average Bonchev–Trinajstić information content (AvgIpc) is 2.98. The maximum absolute atomic E-state index is 5.84. The van der Waals surface area contributed by atoms with E-state index in [1.165, 1.54) is 0 Å². The fraction of sp³-hybridized carbons (Fsp3) is 0.200. The van der Waals surface area contributed by atoms with Crippen LogP contribution in [0.2, 0.25) is 5.02 Å². The van der Waals surface area contributed by atoms with Gasteiger partial charge in [0, 0.05) is 11.6 Å². The van der Waals surface area contributed by atoms with E-state index >= 15 is 0 Å². The van der Waals surface area contributed by atoms with Gasteiger partial charge in [-0.1, -0.05) is 23.7 Å². The molecule has 108 valence electrons. The second kappa shape index (κ2) is 6.85. The molecule has 0 saturated heterocycles. The predicted octanol–water partition coefficient (Wildman–Crippen LogP) is 3.97. The van der Waals surface area contributed by atoms with Crippen LogP contribution in [0.4, 0.5) is 5.82 Å². The molecule has 0 fully saturated rings. The summed E-state index contributed by atoms with van der Waals surface area (Å²) in [6.45, 7) is 1.89. The Hall–Kier alpha value is -1.69. The topological polar surface area (TPSA) is 47.0 Å². The molecule has 2 heterocycles. The van der Waals surface area contributed by atoms with E-state index in [-0.39, 0.29) is 0 Å². The minimum absolute atomic E-state index is 0.580. The van der Waals surface area contributed by atoms with E-state index in [1.54, 1.807) is 17.7 Å². The highest BCUT2D eigenvalue weighted by Gasteiger charge is 2.03. The molecule has 0 aliphatic rings. The minimum atomic E-state index is 0.580. The fourth-order valence-electron chi connectivity index (χ4n) is 1.94. The summed E-state index contributed by atoms with van der Waals surface area (Å²) in [5, 5.41) is 7.09. The van der Waals surface area contributed by atoms with E-state index in [9.17, 15) is 0 Å². The van der Waals surface area contributed by atoms with E-state index < -0.39 is 0 Å². The summed E-state index contributed by atoms with van der Waals surface area (Å²) in [4.78, 5) is 9.47. The molecular formula is C15H14ClN3OS. The van der Waals surface area contributed by atoms with E-state index in [0.717, 1.165) is 26.6 Å². The molecule has 0 spiro atoms. The van der Waals surface area contributed by atoms with Crippen LogP contribution < -0.4 is 5.32 Å². The normalized spacial score (nSPS) is 10.9. The highest BCUT2D eigenvalue weighted by atomic mass is 35.5. The lowest BCUT2D eigenvalue weighted by Gasteiger charge is -2.07. The molecule has 0 amide bonds. The van der Waals surface area contributed by atoms with Crippen LogP contribution in [0.1, 0.15) is 5.56 Å². The molecule has 0 radical (unpaired) electrons. The molecule has 0 saturated carbocycles. The van der Waals surface area contributed by atoms with Gasteiger partial charge in [0.1, 0.15) is 17.0 Å². The third-order valence-corrected chi connectivity index (χ3v) is 4.06. The molecule has 21 heavy (non-hydrogen) atoms. The van der Waals surface area contributed by atoms with Crippen molar-refractivity contribution in [2.75, 3.05) is 18.5 Å². The molecule has 0 aliphatic carbocycles. The third-order valence-electron chi connectivity index (χ3n) is 2.98. The molecule has 3 aromatic rings. The van der Waals surface area contributed by atoms with Crippen molar-refractivity contribution in [2.24, 2.45) is 0 Å². The first kappa shape index (κ1) is 14.3. The van der Waals surface area contributed by atoms with Gasteiger partial charge in [-0.15, -0.1) is 11.3 Å². The van der Waals surface area contributed by atoms with Gasteiger partial charge in [-0.25, -0.2) is 9.97 Å². The van der Waals surface area contributed by atoms with Crippen LogP contribution in [-0.2, 0) is 11.3 Å². The number of ether oxygens (including phenoxy) is 1. The smallest absolute Gasteiger partial charge is 0.138 e. The van der Waals surface area contributed by atoms with Gasteiger partial charge in [-0.3, -0.25) is 0 Å². The van der Waals surface area contributed by atoms with Crippen molar-refractivity contribution in [3.8, 4) is 0 Å². The standard InChI is InChI=1S/C15H14ClN3OS/c16-12-3-1-11(2-4-12)9-20-7-6-17-14-13-5-8-21-15(13)19-10-18-14/h1-5,8,10H,6-7,9H2,(H,17,18,19). The summed E-state index contributed by atoms with van der Waals surface area (Å²) < 4.78 is 5.63. The second-order valence-corrected chi connectivity index (χ2v) is 5.80. The number of halogens is 1. The number of fused-ring (bicyclic) bond motifs is 1. The van der Waals surface area contributed by atoms with E-state index in [1.807, 2.05) is 35.7 Å². The Morgan fingerprint density at radius 2 is 2.00 bits per heavy atom. The van der Waals surface area contributed by atoms with Gasteiger partial charge < -0.3 is 10.1 Å². The molecule has 6 heteroatoms. The summed E-state index contributed by atoms with van der Waals surface area (Å²) in [5.41, 5.74) is 1.11. The number of rotatable bonds is 6. The summed E-state index contributed by atoms with van der Waals surface area (Å²) in [5.74, 6) is 0.858.